The highest BCUT2D eigenvalue weighted by atomic mass is 35.5. The van der Waals surface area contributed by atoms with E-state index in [0.717, 1.165) is 19.6 Å². The van der Waals surface area contributed by atoms with Gasteiger partial charge >= 0.3 is 0 Å². The minimum absolute atomic E-state index is 0.164. The van der Waals surface area contributed by atoms with Crippen LogP contribution in [0.1, 0.15) is 29.6 Å². The van der Waals surface area contributed by atoms with Gasteiger partial charge < -0.3 is 10.2 Å². The first-order valence-corrected chi connectivity index (χ1v) is 7.24. The highest BCUT2D eigenvalue weighted by molar-refractivity contribution is 6.41. The molecular weight excluding hydrogens is 285 g/mol. The highest BCUT2D eigenvalue weighted by Gasteiger charge is 2.11. The van der Waals surface area contributed by atoms with Crippen LogP contribution in [0.3, 0.4) is 0 Å². The average molecular weight is 302 g/mol. The van der Waals surface area contributed by atoms with Crippen molar-refractivity contribution in [3.63, 3.8) is 0 Å². The quantitative estimate of drug-likeness (QED) is 0.870. The summed E-state index contributed by atoms with van der Waals surface area (Å²) in [5, 5.41) is 3.38. The maximum Gasteiger partial charge on any atom is 0.252 e. The smallest absolute Gasteiger partial charge is 0.252 e. The summed E-state index contributed by atoms with van der Waals surface area (Å²) in [5.74, 6) is -0.164. The Labute approximate surface area is 123 Å². The van der Waals surface area contributed by atoms with Gasteiger partial charge in [0.15, 0.2) is 0 Å². The van der Waals surface area contributed by atoms with E-state index in [1.807, 2.05) is 0 Å². The normalized spacial score (nSPS) is 16.3. The van der Waals surface area contributed by atoms with Gasteiger partial charge in [-0.25, -0.2) is 4.98 Å². The molecule has 104 valence electrons. The van der Waals surface area contributed by atoms with E-state index >= 15 is 0 Å². The first kappa shape index (κ1) is 14.6. The van der Waals surface area contributed by atoms with Crippen LogP contribution in [0.15, 0.2) is 12.3 Å². The molecule has 0 spiro atoms. The van der Waals surface area contributed by atoms with Crippen LogP contribution in [0.25, 0.3) is 0 Å². The molecule has 1 saturated heterocycles. The zero-order valence-corrected chi connectivity index (χ0v) is 12.2. The molecule has 2 heterocycles. The third kappa shape index (κ3) is 4.34. The molecule has 1 aromatic heterocycles. The fraction of sp³-hybridized carbons (Fsp3) is 0.538. The third-order valence-corrected chi connectivity index (χ3v) is 3.91. The summed E-state index contributed by atoms with van der Waals surface area (Å²) in [5.41, 5.74) is 0.438. The number of carbonyl (C=O) groups is 1. The predicted molar refractivity (Wildman–Crippen MR) is 76.9 cm³/mol. The van der Waals surface area contributed by atoms with Crippen molar-refractivity contribution in [2.24, 2.45) is 0 Å². The van der Waals surface area contributed by atoms with Crippen molar-refractivity contribution in [1.29, 1.82) is 0 Å². The van der Waals surface area contributed by atoms with Crippen LogP contribution in [0.5, 0.6) is 0 Å². The first-order chi connectivity index (χ1) is 9.16. The average Bonchev–Trinajstić information content (AvgIpc) is 2.43. The van der Waals surface area contributed by atoms with E-state index in [0.29, 0.717) is 17.1 Å². The summed E-state index contributed by atoms with van der Waals surface area (Å²) in [6.07, 6.45) is 5.26. The molecule has 6 heteroatoms. The lowest BCUT2D eigenvalue weighted by Gasteiger charge is -2.26. The maximum atomic E-state index is 11.9. The molecule has 0 bridgehead atoms. The Balaban J connectivity index is 1.78. The molecule has 1 fully saturated rings. The van der Waals surface area contributed by atoms with Gasteiger partial charge in [0, 0.05) is 19.3 Å². The van der Waals surface area contributed by atoms with E-state index in [1.165, 1.54) is 31.5 Å². The summed E-state index contributed by atoms with van der Waals surface area (Å²) in [7, 11) is 0. The number of piperidine rings is 1. The third-order valence-electron chi connectivity index (χ3n) is 3.22. The van der Waals surface area contributed by atoms with Crippen molar-refractivity contribution in [2.75, 3.05) is 26.2 Å². The van der Waals surface area contributed by atoms with Gasteiger partial charge in [0.1, 0.15) is 5.15 Å². The first-order valence-electron chi connectivity index (χ1n) is 6.48. The Kier molecular flexibility index (Phi) is 5.43. The molecule has 0 aromatic carbocycles. The largest absolute Gasteiger partial charge is 0.351 e. The number of nitrogens with one attached hydrogen (secondary N) is 1. The van der Waals surface area contributed by atoms with Crippen molar-refractivity contribution in [1.82, 2.24) is 15.2 Å². The van der Waals surface area contributed by atoms with Gasteiger partial charge in [-0.15, -0.1) is 0 Å². The number of nitrogens with zero attached hydrogens (tertiary/aromatic N) is 2. The van der Waals surface area contributed by atoms with Crippen LogP contribution in [-0.2, 0) is 0 Å². The number of pyridine rings is 1. The van der Waals surface area contributed by atoms with Crippen LogP contribution in [0.2, 0.25) is 10.2 Å². The fourth-order valence-corrected chi connectivity index (χ4v) is 2.43. The minimum atomic E-state index is -0.164. The zero-order valence-electron chi connectivity index (χ0n) is 10.7. The minimum Gasteiger partial charge on any atom is -0.351 e. The maximum absolute atomic E-state index is 11.9. The molecular formula is C13H17Cl2N3O. The van der Waals surface area contributed by atoms with Gasteiger partial charge in [0.25, 0.3) is 5.91 Å². The van der Waals surface area contributed by atoms with Gasteiger partial charge in [-0.2, -0.15) is 0 Å². The number of hydrogen-bond donors (Lipinski definition) is 1. The number of hydrogen-bond acceptors (Lipinski definition) is 3. The molecule has 1 aliphatic rings. The Morgan fingerprint density at radius 3 is 2.74 bits per heavy atom. The molecule has 0 unspecified atom stereocenters. The van der Waals surface area contributed by atoms with Crippen LogP contribution in [0, 0.1) is 0 Å². The zero-order chi connectivity index (χ0) is 13.7. The Hall–Kier alpha value is -0.840. The monoisotopic (exact) mass is 301 g/mol. The molecule has 19 heavy (non-hydrogen) atoms. The second kappa shape index (κ2) is 7.08. The van der Waals surface area contributed by atoms with E-state index in [9.17, 15) is 4.79 Å². The van der Waals surface area contributed by atoms with E-state index in [2.05, 4.69) is 15.2 Å². The molecule has 1 amide bonds. The summed E-state index contributed by atoms with van der Waals surface area (Å²) < 4.78 is 0. The fourth-order valence-electron chi connectivity index (χ4n) is 2.16. The van der Waals surface area contributed by atoms with Crippen LogP contribution in [-0.4, -0.2) is 42.0 Å². The standard InChI is InChI=1S/C13H17Cl2N3O/c14-11-8-10(9-17-12(11)15)13(19)16-4-7-18-5-2-1-3-6-18/h8-9H,1-7H2,(H,16,19). The Morgan fingerprint density at radius 1 is 1.32 bits per heavy atom. The number of carbonyl (C=O) groups excluding carboxylic acids is 1. The van der Waals surface area contributed by atoms with Crippen LogP contribution < -0.4 is 5.32 Å². The topological polar surface area (TPSA) is 45.2 Å². The summed E-state index contributed by atoms with van der Waals surface area (Å²) in [6, 6.07) is 1.53. The number of rotatable bonds is 4. The van der Waals surface area contributed by atoms with Crippen molar-refractivity contribution in [2.45, 2.75) is 19.3 Å². The highest BCUT2D eigenvalue weighted by Crippen LogP contribution is 2.19. The molecule has 0 aliphatic carbocycles. The van der Waals surface area contributed by atoms with Gasteiger partial charge in [0.2, 0.25) is 0 Å². The molecule has 4 nitrogen and oxygen atoms in total. The molecule has 1 aromatic rings. The van der Waals surface area contributed by atoms with Crippen molar-refractivity contribution < 1.29 is 4.79 Å². The van der Waals surface area contributed by atoms with Crippen molar-refractivity contribution in [3.05, 3.63) is 28.0 Å². The van der Waals surface area contributed by atoms with Crippen LogP contribution >= 0.6 is 23.2 Å². The SMILES string of the molecule is O=C(NCCN1CCCCC1)c1cnc(Cl)c(Cl)c1. The van der Waals surface area contributed by atoms with Crippen molar-refractivity contribution >= 4 is 29.1 Å². The lowest BCUT2D eigenvalue weighted by molar-refractivity contribution is 0.0946. The Bertz CT molecular complexity index is 448. The van der Waals surface area contributed by atoms with E-state index in [-0.39, 0.29) is 11.1 Å². The lowest BCUT2D eigenvalue weighted by atomic mass is 10.1. The molecule has 2 rings (SSSR count). The summed E-state index contributed by atoms with van der Waals surface area (Å²) in [6.45, 7) is 3.79. The molecule has 1 N–H and O–H groups in total. The van der Waals surface area contributed by atoms with Gasteiger partial charge in [-0.1, -0.05) is 29.6 Å². The number of likely N-dealkylation sites (tertiary alicyclic amines) is 1. The van der Waals surface area contributed by atoms with Gasteiger partial charge in [-0.05, 0) is 32.0 Å². The predicted octanol–water partition coefficient (Wildman–Crippen LogP) is 2.60. The van der Waals surface area contributed by atoms with E-state index in [1.54, 1.807) is 0 Å². The van der Waals surface area contributed by atoms with Gasteiger partial charge in [0.05, 0.1) is 10.6 Å². The van der Waals surface area contributed by atoms with E-state index in [4.69, 9.17) is 23.2 Å². The lowest BCUT2D eigenvalue weighted by Crippen LogP contribution is -2.37. The number of halogens is 2. The summed E-state index contributed by atoms with van der Waals surface area (Å²) >= 11 is 11.5. The molecule has 0 radical (unpaired) electrons. The molecule has 1 aliphatic heterocycles. The number of amides is 1. The van der Waals surface area contributed by atoms with Gasteiger partial charge in [-0.3, -0.25) is 4.79 Å². The molecule has 0 saturated carbocycles. The second-order valence-corrected chi connectivity index (χ2v) is 5.42. The molecule has 0 atom stereocenters. The second-order valence-electron chi connectivity index (χ2n) is 4.65. The Morgan fingerprint density at radius 2 is 2.05 bits per heavy atom. The number of aromatic nitrogens is 1. The van der Waals surface area contributed by atoms with Crippen molar-refractivity contribution in [3.8, 4) is 0 Å². The van der Waals surface area contributed by atoms with E-state index < -0.39 is 0 Å². The summed E-state index contributed by atoms with van der Waals surface area (Å²) in [4.78, 5) is 18.1. The van der Waals surface area contributed by atoms with Crippen LogP contribution in [0.4, 0.5) is 0 Å².